The first-order chi connectivity index (χ1) is 12.3. The lowest BCUT2D eigenvalue weighted by atomic mass is 10.3. The molecule has 0 saturated heterocycles. The number of nitrogens with one attached hydrogen (secondary N) is 2. The molecule has 2 aromatic rings. The molecule has 0 heterocycles. The maximum absolute atomic E-state index is 13.1. The summed E-state index contributed by atoms with van der Waals surface area (Å²) in [4.78, 5) is 25.6. The van der Waals surface area contributed by atoms with E-state index < -0.39 is 5.82 Å². The summed E-state index contributed by atoms with van der Waals surface area (Å²) < 4.78 is 13.1. The fraction of sp³-hybridized carbons (Fsp3) is 0.222. The zero-order chi connectivity index (χ0) is 19.1. The number of amides is 2. The molecular weight excluding hydrogens is 380 g/mol. The molecule has 8 heteroatoms. The van der Waals surface area contributed by atoms with Gasteiger partial charge in [-0.25, -0.2) is 4.39 Å². The van der Waals surface area contributed by atoms with Crippen LogP contribution in [0.2, 0.25) is 10.0 Å². The van der Waals surface area contributed by atoms with Crippen LogP contribution in [0.1, 0.15) is 6.42 Å². The molecule has 0 unspecified atom stereocenters. The predicted octanol–water partition coefficient (Wildman–Crippen LogP) is 4.03. The van der Waals surface area contributed by atoms with E-state index in [-0.39, 0.29) is 24.8 Å². The number of likely N-dealkylation sites (N-methyl/N-ethyl adjacent to an activating group) is 1. The van der Waals surface area contributed by atoms with Crippen molar-refractivity contribution in [3.8, 4) is 0 Å². The van der Waals surface area contributed by atoms with Gasteiger partial charge in [0.15, 0.2) is 0 Å². The lowest BCUT2D eigenvalue weighted by Gasteiger charge is -2.16. The van der Waals surface area contributed by atoms with Crippen molar-refractivity contribution in [2.75, 3.05) is 30.8 Å². The molecule has 2 aromatic carbocycles. The normalized spacial score (nSPS) is 10.7. The van der Waals surface area contributed by atoms with Crippen LogP contribution in [0.5, 0.6) is 0 Å². The Morgan fingerprint density at radius 3 is 2.58 bits per heavy atom. The molecule has 0 saturated carbocycles. The van der Waals surface area contributed by atoms with Crippen LogP contribution in [0.15, 0.2) is 42.5 Å². The van der Waals surface area contributed by atoms with E-state index in [1.54, 1.807) is 36.2 Å². The number of hydrogen-bond donors (Lipinski definition) is 2. The van der Waals surface area contributed by atoms with E-state index in [2.05, 4.69) is 10.6 Å². The van der Waals surface area contributed by atoms with Gasteiger partial charge in [-0.3, -0.25) is 14.5 Å². The molecule has 0 radical (unpaired) electrons. The van der Waals surface area contributed by atoms with E-state index in [0.717, 1.165) is 0 Å². The number of carbonyl (C=O) groups excluding carboxylic acids is 2. The average Bonchev–Trinajstić information content (AvgIpc) is 2.56. The van der Waals surface area contributed by atoms with Gasteiger partial charge in [-0.15, -0.1) is 0 Å². The number of carbonyl (C=O) groups is 2. The zero-order valence-corrected chi connectivity index (χ0v) is 15.6. The zero-order valence-electron chi connectivity index (χ0n) is 14.1. The summed E-state index contributed by atoms with van der Waals surface area (Å²) in [6.07, 6.45) is 0.173. The third kappa shape index (κ3) is 6.63. The Morgan fingerprint density at radius 1 is 1.08 bits per heavy atom. The maximum Gasteiger partial charge on any atom is 0.238 e. The molecule has 0 aromatic heterocycles. The minimum absolute atomic E-state index is 0.0711. The highest BCUT2D eigenvalue weighted by atomic mass is 35.5. The topological polar surface area (TPSA) is 61.4 Å². The van der Waals surface area contributed by atoms with Gasteiger partial charge in [0, 0.05) is 23.7 Å². The predicted molar refractivity (Wildman–Crippen MR) is 102 cm³/mol. The van der Waals surface area contributed by atoms with E-state index in [0.29, 0.717) is 28.0 Å². The van der Waals surface area contributed by atoms with E-state index in [4.69, 9.17) is 23.2 Å². The van der Waals surface area contributed by atoms with Crippen molar-refractivity contribution < 1.29 is 14.0 Å². The van der Waals surface area contributed by atoms with Crippen LogP contribution in [0, 0.1) is 5.82 Å². The fourth-order valence-corrected chi connectivity index (χ4v) is 2.53. The van der Waals surface area contributed by atoms with Gasteiger partial charge < -0.3 is 10.6 Å². The minimum atomic E-state index is -0.424. The SMILES string of the molecule is CN(CCC(=O)Nc1cc(Cl)ccc1Cl)CC(=O)Nc1cccc(F)c1. The quantitative estimate of drug-likeness (QED) is 0.741. The largest absolute Gasteiger partial charge is 0.325 e. The molecule has 5 nitrogen and oxygen atoms in total. The monoisotopic (exact) mass is 397 g/mol. The lowest BCUT2D eigenvalue weighted by Crippen LogP contribution is -2.32. The highest BCUT2D eigenvalue weighted by Gasteiger charge is 2.11. The van der Waals surface area contributed by atoms with Gasteiger partial charge in [0.1, 0.15) is 5.82 Å². The second-order valence-corrected chi connectivity index (χ2v) is 6.56. The highest BCUT2D eigenvalue weighted by molar-refractivity contribution is 6.35. The average molecular weight is 398 g/mol. The summed E-state index contributed by atoms with van der Waals surface area (Å²) in [5, 5.41) is 6.15. The Hall–Kier alpha value is -2.15. The van der Waals surface area contributed by atoms with Crippen LogP contribution < -0.4 is 10.6 Å². The van der Waals surface area contributed by atoms with Crippen LogP contribution >= 0.6 is 23.2 Å². The molecule has 2 N–H and O–H groups in total. The second-order valence-electron chi connectivity index (χ2n) is 5.72. The first-order valence-corrected chi connectivity index (χ1v) is 8.58. The van der Waals surface area contributed by atoms with Crippen LogP contribution in [0.4, 0.5) is 15.8 Å². The van der Waals surface area contributed by atoms with Crippen LogP contribution in [0.3, 0.4) is 0 Å². The molecule has 0 spiro atoms. The van der Waals surface area contributed by atoms with Gasteiger partial charge in [-0.2, -0.15) is 0 Å². The van der Waals surface area contributed by atoms with Crippen molar-refractivity contribution >= 4 is 46.4 Å². The van der Waals surface area contributed by atoms with E-state index >= 15 is 0 Å². The Morgan fingerprint density at radius 2 is 1.85 bits per heavy atom. The third-order valence-corrected chi connectivity index (χ3v) is 4.01. The maximum atomic E-state index is 13.1. The summed E-state index contributed by atoms with van der Waals surface area (Å²) in [7, 11) is 1.71. The van der Waals surface area contributed by atoms with E-state index in [1.165, 1.54) is 18.2 Å². The molecule has 0 atom stereocenters. The molecular formula is C18H18Cl2FN3O2. The molecule has 0 aliphatic rings. The standard InChI is InChI=1S/C18H18Cl2FN3O2/c1-24(11-18(26)22-14-4-2-3-13(21)10-14)8-7-17(25)23-16-9-12(19)5-6-15(16)20/h2-6,9-10H,7-8,11H2,1H3,(H,22,26)(H,23,25). The second kappa shape index (κ2) is 9.52. The van der Waals surface area contributed by atoms with Crippen molar-refractivity contribution in [2.24, 2.45) is 0 Å². The number of anilines is 2. The van der Waals surface area contributed by atoms with Crippen molar-refractivity contribution in [1.29, 1.82) is 0 Å². The highest BCUT2D eigenvalue weighted by Crippen LogP contribution is 2.25. The molecule has 2 rings (SSSR count). The molecule has 0 aliphatic heterocycles. The molecule has 138 valence electrons. The Kier molecular flexibility index (Phi) is 7.38. The van der Waals surface area contributed by atoms with Crippen molar-refractivity contribution in [1.82, 2.24) is 4.90 Å². The van der Waals surface area contributed by atoms with E-state index in [9.17, 15) is 14.0 Å². The summed E-state index contributed by atoms with van der Waals surface area (Å²) in [5.74, 6) is -0.963. The Balaban J connectivity index is 1.77. The van der Waals surface area contributed by atoms with Crippen molar-refractivity contribution in [2.45, 2.75) is 6.42 Å². The summed E-state index contributed by atoms with van der Waals surface area (Å²) in [5.41, 5.74) is 0.826. The van der Waals surface area contributed by atoms with E-state index in [1.807, 2.05) is 0 Å². The Labute approximate surface area is 161 Å². The van der Waals surface area contributed by atoms with Crippen LogP contribution in [-0.2, 0) is 9.59 Å². The number of hydrogen-bond acceptors (Lipinski definition) is 3. The van der Waals surface area contributed by atoms with Gasteiger partial charge in [0.2, 0.25) is 11.8 Å². The smallest absolute Gasteiger partial charge is 0.238 e. The van der Waals surface area contributed by atoms with Crippen molar-refractivity contribution in [3.05, 3.63) is 58.3 Å². The number of benzene rings is 2. The summed E-state index contributed by atoms with van der Waals surface area (Å²) in [6, 6.07) is 10.4. The molecule has 2 amide bonds. The lowest BCUT2D eigenvalue weighted by molar-refractivity contribution is -0.119. The summed E-state index contributed by atoms with van der Waals surface area (Å²) in [6.45, 7) is 0.433. The van der Waals surface area contributed by atoms with Crippen LogP contribution in [-0.4, -0.2) is 36.9 Å². The Bertz CT molecular complexity index is 802. The van der Waals surface area contributed by atoms with Crippen molar-refractivity contribution in [3.63, 3.8) is 0 Å². The number of rotatable bonds is 7. The van der Waals surface area contributed by atoms with Gasteiger partial charge in [0.25, 0.3) is 0 Å². The molecule has 26 heavy (non-hydrogen) atoms. The van der Waals surface area contributed by atoms with Gasteiger partial charge in [0.05, 0.1) is 17.3 Å². The van der Waals surface area contributed by atoms with Gasteiger partial charge in [-0.05, 0) is 43.4 Å². The van der Waals surface area contributed by atoms with Gasteiger partial charge in [-0.1, -0.05) is 29.3 Å². The van der Waals surface area contributed by atoms with Crippen LogP contribution in [0.25, 0.3) is 0 Å². The fourth-order valence-electron chi connectivity index (χ4n) is 2.19. The molecule has 0 aliphatic carbocycles. The molecule has 0 bridgehead atoms. The third-order valence-electron chi connectivity index (χ3n) is 3.44. The molecule has 0 fully saturated rings. The van der Waals surface area contributed by atoms with Gasteiger partial charge >= 0.3 is 0 Å². The summed E-state index contributed by atoms with van der Waals surface area (Å²) >= 11 is 11.9. The first-order valence-electron chi connectivity index (χ1n) is 7.82. The number of nitrogens with zero attached hydrogens (tertiary/aromatic N) is 1. The first kappa shape index (κ1) is 20.2. The number of halogens is 3. The minimum Gasteiger partial charge on any atom is -0.325 e.